The summed E-state index contributed by atoms with van der Waals surface area (Å²) in [6, 6.07) is 14.4. The van der Waals surface area contributed by atoms with Crippen molar-refractivity contribution in [3.63, 3.8) is 0 Å². The summed E-state index contributed by atoms with van der Waals surface area (Å²) in [7, 11) is 0. The number of carbonyl (C=O) groups excluding carboxylic acids is 2. The zero-order valence-corrected chi connectivity index (χ0v) is 16.2. The third-order valence-corrected chi connectivity index (χ3v) is 4.65. The molecule has 0 aliphatic carbocycles. The van der Waals surface area contributed by atoms with Crippen molar-refractivity contribution in [2.24, 2.45) is 0 Å². The van der Waals surface area contributed by atoms with Crippen LogP contribution in [0.3, 0.4) is 0 Å². The second kappa shape index (κ2) is 9.37. The van der Waals surface area contributed by atoms with Crippen LogP contribution in [0.2, 0.25) is 0 Å². The van der Waals surface area contributed by atoms with Gasteiger partial charge in [-0.15, -0.1) is 0 Å². The molecule has 2 aromatic rings. The first kappa shape index (κ1) is 19.9. The highest BCUT2D eigenvalue weighted by molar-refractivity contribution is 6.04. The molecule has 1 fully saturated rings. The van der Waals surface area contributed by atoms with E-state index in [0.717, 1.165) is 25.0 Å². The average Bonchev–Trinajstić information content (AvgIpc) is 3.22. The number of ether oxygens (including phenoxy) is 2. The molecule has 6 nitrogen and oxygen atoms in total. The van der Waals surface area contributed by atoms with E-state index in [0.29, 0.717) is 23.5 Å². The number of nitrogens with one attached hydrogen (secondary N) is 2. The molecule has 0 aromatic heterocycles. The first-order valence-corrected chi connectivity index (χ1v) is 9.56. The summed E-state index contributed by atoms with van der Waals surface area (Å²) in [5.41, 5.74) is 1.99. The van der Waals surface area contributed by atoms with Crippen LogP contribution in [0.5, 0.6) is 5.75 Å². The molecule has 1 saturated heterocycles. The Morgan fingerprint density at radius 3 is 2.64 bits per heavy atom. The van der Waals surface area contributed by atoms with E-state index in [4.69, 9.17) is 9.47 Å². The van der Waals surface area contributed by atoms with Crippen LogP contribution in [-0.4, -0.2) is 37.2 Å². The fourth-order valence-corrected chi connectivity index (χ4v) is 3.01. The number of amides is 2. The molecule has 0 saturated carbocycles. The summed E-state index contributed by atoms with van der Waals surface area (Å²) in [5, 5.41) is 5.68. The van der Waals surface area contributed by atoms with Gasteiger partial charge in [-0.25, -0.2) is 0 Å². The van der Waals surface area contributed by atoms with Gasteiger partial charge in [-0.3, -0.25) is 9.59 Å². The second-order valence-electron chi connectivity index (χ2n) is 6.95. The largest absolute Gasteiger partial charge is 0.481 e. The van der Waals surface area contributed by atoms with Gasteiger partial charge in [-0.1, -0.05) is 29.8 Å². The molecule has 2 N–H and O–H groups in total. The fraction of sp³-hybridized carbons (Fsp3) is 0.364. The number of benzene rings is 2. The van der Waals surface area contributed by atoms with Crippen LogP contribution >= 0.6 is 0 Å². The van der Waals surface area contributed by atoms with E-state index in [-0.39, 0.29) is 17.9 Å². The normalized spacial score (nSPS) is 17.0. The molecule has 1 aliphatic rings. The van der Waals surface area contributed by atoms with Crippen LogP contribution in [0.25, 0.3) is 0 Å². The van der Waals surface area contributed by atoms with Gasteiger partial charge in [0.1, 0.15) is 5.75 Å². The lowest BCUT2D eigenvalue weighted by Crippen LogP contribution is -2.34. The Hall–Kier alpha value is -2.86. The lowest BCUT2D eigenvalue weighted by Gasteiger charge is -2.17. The molecule has 0 bridgehead atoms. The van der Waals surface area contributed by atoms with Crippen molar-refractivity contribution in [1.29, 1.82) is 0 Å². The highest BCUT2D eigenvalue weighted by Gasteiger charge is 2.20. The molecule has 0 spiro atoms. The van der Waals surface area contributed by atoms with E-state index in [2.05, 4.69) is 10.6 Å². The van der Waals surface area contributed by atoms with E-state index in [9.17, 15) is 9.59 Å². The molecule has 6 heteroatoms. The first-order valence-electron chi connectivity index (χ1n) is 9.56. The van der Waals surface area contributed by atoms with E-state index in [1.54, 1.807) is 31.2 Å². The number of carbonyl (C=O) groups is 2. The quantitative estimate of drug-likeness (QED) is 0.770. The Morgan fingerprint density at radius 1 is 1.18 bits per heavy atom. The minimum Gasteiger partial charge on any atom is -0.481 e. The van der Waals surface area contributed by atoms with E-state index in [1.807, 2.05) is 31.2 Å². The number of anilines is 1. The van der Waals surface area contributed by atoms with E-state index >= 15 is 0 Å². The van der Waals surface area contributed by atoms with E-state index in [1.165, 1.54) is 0 Å². The van der Waals surface area contributed by atoms with Crippen molar-refractivity contribution in [2.75, 3.05) is 18.5 Å². The van der Waals surface area contributed by atoms with Gasteiger partial charge in [0, 0.05) is 13.2 Å². The molecule has 2 atom stereocenters. The van der Waals surface area contributed by atoms with Gasteiger partial charge in [0.25, 0.3) is 11.8 Å². The Kier molecular flexibility index (Phi) is 6.66. The third-order valence-electron chi connectivity index (χ3n) is 4.65. The third kappa shape index (κ3) is 5.33. The highest BCUT2D eigenvalue weighted by Crippen LogP contribution is 2.18. The molecular formula is C22H26N2O4. The van der Waals surface area contributed by atoms with Crippen molar-refractivity contribution in [3.05, 3.63) is 59.7 Å². The van der Waals surface area contributed by atoms with Gasteiger partial charge in [0.15, 0.2) is 6.10 Å². The summed E-state index contributed by atoms with van der Waals surface area (Å²) >= 11 is 0. The van der Waals surface area contributed by atoms with Gasteiger partial charge in [-0.2, -0.15) is 0 Å². The maximum atomic E-state index is 12.5. The van der Waals surface area contributed by atoms with Crippen LogP contribution in [0.15, 0.2) is 48.5 Å². The Balaban J connectivity index is 1.60. The number of hydrogen-bond donors (Lipinski definition) is 2. The molecule has 148 valence electrons. The van der Waals surface area contributed by atoms with Gasteiger partial charge < -0.3 is 20.1 Å². The average molecular weight is 382 g/mol. The van der Waals surface area contributed by atoms with Crippen LogP contribution in [0.1, 0.15) is 35.7 Å². The Labute approximate surface area is 165 Å². The Morgan fingerprint density at radius 2 is 1.93 bits per heavy atom. The number of aryl methyl sites for hydroxylation is 1. The maximum absolute atomic E-state index is 12.5. The fourth-order valence-electron chi connectivity index (χ4n) is 3.01. The van der Waals surface area contributed by atoms with Crippen LogP contribution in [-0.2, 0) is 9.53 Å². The van der Waals surface area contributed by atoms with Crippen molar-refractivity contribution < 1.29 is 19.1 Å². The predicted octanol–water partition coefficient (Wildman–Crippen LogP) is 3.31. The smallest absolute Gasteiger partial charge is 0.265 e. The summed E-state index contributed by atoms with van der Waals surface area (Å²) in [5.74, 6) is 0.0642. The number of para-hydroxylation sites is 1. The highest BCUT2D eigenvalue weighted by atomic mass is 16.5. The standard InChI is InChI=1S/C22H26N2O4/c1-15-9-11-17(12-10-15)28-16(2)21(25)24-20-8-4-3-7-19(20)22(26)23-14-18-6-5-13-27-18/h3-4,7-12,16,18H,5-6,13-14H2,1-2H3,(H,23,26)(H,24,25)/t16-,18-/m0/s1. The summed E-state index contributed by atoms with van der Waals surface area (Å²) < 4.78 is 11.2. The molecular weight excluding hydrogens is 356 g/mol. The number of rotatable bonds is 7. The molecule has 2 amide bonds. The van der Waals surface area contributed by atoms with Crippen molar-refractivity contribution in [2.45, 2.75) is 38.9 Å². The van der Waals surface area contributed by atoms with Crippen LogP contribution in [0, 0.1) is 6.92 Å². The van der Waals surface area contributed by atoms with Crippen LogP contribution < -0.4 is 15.4 Å². The first-order chi connectivity index (χ1) is 13.5. The minimum atomic E-state index is -0.703. The maximum Gasteiger partial charge on any atom is 0.265 e. The molecule has 0 unspecified atom stereocenters. The van der Waals surface area contributed by atoms with E-state index < -0.39 is 6.10 Å². The monoisotopic (exact) mass is 382 g/mol. The molecule has 28 heavy (non-hydrogen) atoms. The SMILES string of the molecule is Cc1ccc(O[C@@H](C)C(=O)Nc2ccccc2C(=O)NC[C@@H]2CCCO2)cc1. The topological polar surface area (TPSA) is 76.7 Å². The lowest BCUT2D eigenvalue weighted by atomic mass is 10.1. The molecule has 2 aromatic carbocycles. The molecule has 1 aliphatic heterocycles. The Bertz CT molecular complexity index is 814. The van der Waals surface area contributed by atoms with Gasteiger partial charge in [-0.05, 0) is 51.0 Å². The lowest BCUT2D eigenvalue weighted by molar-refractivity contribution is -0.122. The van der Waals surface area contributed by atoms with Crippen LogP contribution in [0.4, 0.5) is 5.69 Å². The summed E-state index contributed by atoms with van der Waals surface area (Å²) in [6.45, 7) is 4.87. The summed E-state index contributed by atoms with van der Waals surface area (Å²) in [6.07, 6.45) is 1.33. The van der Waals surface area contributed by atoms with Crippen molar-refractivity contribution in [3.8, 4) is 5.75 Å². The van der Waals surface area contributed by atoms with Gasteiger partial charge in [0.05, 0.1) is 17.4 Å². The van der Waals surface area contributed by atoms with Crippen molar-refractivity contribution >= 4 is 17.5 Å². The van der Waals surface area contributed by atoms with Gasteiger partial charge >= 0.3 is 0 Å². The minimum absolute atomic E-state index is 0.0636. The zero-order chi connectivity index (χ0) is 19.9. The second-order valence-corrected chi connectivity index (χ2v) is 6.95. The molecule has 0 radical (unpaired) electrons. The van der Waals surface area contributed by atoms with Gasteiger partial charge in [0.2, 0.25) is 0 Å². The molecule has 3 rings (SSSR count). The molecule has 1 heterocycles. The summed E-state index contributed by atoms with van der Waals surface area (Å²) in [4.78, 5) is 25.1. The number of hydrogen-bond acceptors (Lipinski definition) is 4. The van der Waals surface area contributed by atoms with Crippen molar-refractivity contribution in [1.82, 2.24) is 5.32 Å². The zero-order valence-electron chi connectivity index (χ0n) is 16.2. The predicted molar refractivity (Wildman–Crippen MR) is 108 cm³/mol.